The molecule has 0 aliphatic heterocycles. The number of hydrogen-bond donors (Lipinski definition) is 1. The van der Waals surface area contributed by atoms with Crippen molar-refractivity contribution in [3.8, 4) is 11.3 Å². The van der Waals surface area contributed by atoms with Crippen molar-refractivity contribution in [3.05, 3.63) is 77.0 Å². The molecule has 132 valence electrons. The van der Waals surface area contributed by atoms with Crippen LogP contribution < -0.4 is 5.43 Å². The number of nitrogens with one attached hydrogen (secondary N) is 1. The maximum Gasteiger partial charge on any atom is 0.338 e. The Morgan fingerprint density at radius 2 is 2.04 bits per heavy atom. The summed E-state index contributed by atoms with van der Waals surface area (Å²) in [4.78, 5) is 11.8. The van der Waals surface area contributed by atoms with Crippen molar-refractivity contribution in [2.24, 2.45) is 5.10 Å². The van der Waals surface area contributed by atoms with E-state index < -0.39 is 0 Å². The Balaban J connectivity index is 1.70. The monoisotopic (exact) mass is 368 g/mol. The lowest BCUT2D eigenvalue weighted by molar-refractivity contribution is 0.0526. The summed E-state index contributed by atoms with van der Waals surface area (Å²) in [6.07, 6.45) is 1.57. The highest BCUT2D eigenvalue weighted by atomic mass is 35.5. The molecule has 3 aromatic rings. The highest BCUT2D eigenvalue weighted by Crippen LogP contribution is 2.23. The van der Waals surface area contributed by atoms with Crippen LogP contribution in [0.5, 0.6) is 0 Å². The third kappa shape index (κ3) is 4.52. The molecule has 0 radical (unpaired) electrons. The van der Waals surface area contributed by atoms with Gasteiger partial charge in [-0.2, -0.15) is 5.10 Å². The minimum Gasteiger partial charge on any atom is -0.462 e. The maximum absolute atomic E-state index is 11.8. The second-order valence-electron chi connectivity index (χ2n) is 5.38. The topological polar surface area (TPSA) is 63.8 Å². The Labute approximate surface area is 156 Å². The molecule has 2 aromatic carbocycles. The molecular formula is C20H17ClN2O3. The number of carbonyl (C=O) groups is 1. The van der Waals surface area contributed by atoms with E-state index in [1.54, 1.807) is 49.5 Å². The number of ether oxygens (including phenoxy) is 1. The van der Waals surface area contributed by atoms with Crippen LogP contribution in [0.25, 0.3) is 11.3 Å². The van der Waals surface area contributed by atoms with Crippen molar-refractivity contribution in [1.82, 2.24) is 0 Å². The third-order valence-corrected chi connectivity index (χ3v) is 3.73. The molecule has 1 heterocycles. The quantitative estimate of drug-likeness (QED) is 0.368. The van der Waals surface area contributed by atoms with Gasteiger partial charge < -0.3 is 9.15 Å². The van der Waals surface area contributed by atoms with E-state index in [0.717, 1.165) is 11.3 Å². The summed E-state index contributed by atoms with van der Waals surface area (Å²) < 4.78 is 10.8. The van der Waals surface area contributed by atoms with Gasteiger partial charge in [0.2, 0.25) is 0 Å². The molecule has 0 aliphatic carbocycles. The van der Waals surface area contributed by atoms with Crippen molar-refractivity contribution in [1.29, 1.82) is 0 Å². The normalized spacial score (nSPS) is 10.8. The van der Waals surface area contributed by atoms with Crippen LogP contribution in [-0.4, -0.2) is 18.8 Å². The largest absolute Gasteiger partial charge is 0.462 e. The Morgan fingerprint density at radius 1 is 1.19 bits per heavy atom. The van der Waals surface area contributed by atoms with E-state index in [4.69, 9.17) is 20.8 Å². The van der Waals surface area contributed by atoms with Crippen LogP contribution in [0.15, 0.2) is 70.2 Å². The lowest BCUT2D eigenvalue weighted by Gasteiger charge is -2.03. The van der Waals surface area contributed by atoms with Crippen LogP contribution in [0.3, 0.4) is 0 Å². The molecule has 0 fully saturated rings. The maximum atomic E-state index is 11.8. The molecule has 0 saturated carbocycles. The average Bonchev–Trinajstić information content (AvgIpc) is 3.11. The fourth-order valence-electron chi connectivity index (χ4n) is 2.32. The first-order valence-electron chi connectivity index (χ1n) is 8.08. The fourth-order valence-corrected chi connectivity index (χ4v) is 2.51. The molecule has 0 saturated heterocycles. The molecule has 5 nitrogen and oxygen atoms in total. The van der Waals surface area contributed by atoms with E-state index in [2.05, 4.69) is 10.5 Å². The number of anilines is 1. The summed E-state index contributed by atoms with van der Waals surface area (Å²) in [6, 6.07) is 18.0. The van der Waals surface area contributed by atoms with E-state index in [9.17, 15) is 4.79 Å². The van der Waals surface area contributed by atoms with Gasteiger partial charge in [-0.3, -0.25) is 5.43 Å². The zero-order valence-corrected chi connectivity index (χ0v) is 14.9. The van der Waals surface area contributed by atoms with Gasteiger partial charge in [0.15, 0.2) is 0 Å². The highest BCUT2D eigenvalue weighted by molar-refractivity contribution is 6.30. The SMILES string of the molecule is CCOC(=O)c1cccc(-c2ccc(C=NNc3cccc(Cl)c3)o2)c1. The van der Waals surface area contributed by atoms with Crippen molar-refractivity contribution in [2.75, 3.05) is 12.0 Å². The highest BCUT2D eigenvalue weighted by Gasteiger charge is 2.09. The van der Waals surface area contributed by atoms with Crippen LogP contribution in [0.1, 0.15) is 23.0 Å². The molecule has 0 unspecified atom stereocenters. The Hall–Kier alpha value is -3.05. The zero-order valence-electron chi connectivity index (χ0n) is 14.1. The average molecular weight is 369 g/mol. The van der Waals surface area contributed by atoms with Crippen molar-refractivity contribution in [3.63, 3.8) is 0 Å². The minimum atomic E-state index is -0.353. The van der Waals surface area contributed by atoms with E-state index in [1.807, 2.05) is 24.3 Å². The minimum absolute atomic E-state index is 0.337. The third-order valence-electron chi connectivity index (χ3n) is 3.50. The summed E-state index contributed by atoms with van der Waals surface area (Å²) in [6.45, 7) is 2.11. The standard InChI is InChI=1S/C20H17ClN2O3/c1-2-25-20(24)15-6-3-5-14(11-15)19-10-9-18(26-19)13-22-23-17-8-4-7-16(21)12-17/h3-13,23H,2H2,1H3. The van der Waals surface area contributed by atoms with E-state index in [1.165, 1.54) is 0 Å². The van der Waals surface area contributed by atoms with Gasteiger partial charge in [-0.15, -0.1) is 0 Å². The molecule has 3 rings (SSSR count). The number of nitrogens with zero attached hydrogens (tertiary/aromatic N) is 1. The van der Waals surface area contributed by atoms with Crippen LogP contribution in [-0.2, 0) is 4.74 Å². The smallest absolute Gasteiger partial charge is 0.338 e. The van der Waals surface area contributed by atoms with Crippen LogP contribution in [0, 0.1) is 0 Å². The summed E-state index contributed by atoms with van der Waals surface area (Å²) in [5, 5.41) is 4.76. The molecule has 0 aliphatic rings. The summed E-state index contributed by atoms with van der Waals surface area (Å²) >= 11 is 5.92. The zero-order chi connectivity index (χ0) is 18.4. The first-order chi connectivity index (χ1) is 12.7. The Kier molecular flexibility index (Phi) is 5.71. The molecule has 0 bridgehead atoms. The number of carbonyl (C=O) groups excluding carboxylic acids is 1. The summed E-state index contributed by atoms with van der Waals surface area (Å²) in [7, 11) is 0. The Morgan fingerprint density at radius 3 is 2.85 bits per heavy atom. The summed E-state index contributed by atoms with van der Waals surface area (Å²) in [5.74, 6) is 0.866. The van der Waals surface area contributed by atoms with Gasteiger partial charge in [0.25, 0.3) is 0 Å². The molecule has 1 N–H and O–H groups in total. The molecule has 6 heteroatoms. The predicted octanol–water partition coefficient (Wildman–Crippen LogP) is 5.22. The van der Waals surface area contributed by atoms with E-state index >= 15 is 0 Å². The fraction of sp³-hybridized carbons (Fsp3) is 0.100. The Bertz CT molecular complexity index is 934. The van der Waals surface area contributed by atoms with E-state index in [0.29, 0.717) is 28.7 Å². The number of esters is 1. The van der Waals surface area contributed by atoms with Crippen LogP contribution in [0.2, 0.25) is 5.02 Å². The number of rotatable bonds is 6. The van der Waals surface area contributed by atoms with Crippen molar-refractivity contribution in [2.45, 2.75) is 6.92 Å². The van der Waals surface area contributed by atoms with Crippen molar-refractivity contribution < 1.29 is 13.9 Å². The second kappa shape index (κ2) is 8.36. The lowest BCUT2D eigenvalue weighted by atomic mass is 10.1. The number of benzene rings is 2. The first-order valence-corrected chi connectivity index (χ1v) is 8.45. The molecule has 0 amide bonds. The predicted molar refractivity (Wildman–Crippen MR) is 103 cm³/mol. The molecular weight excluding hydrogens is 352 g/mol. The van der Waals surface area contributed by atoms with Gasteiger partial charge in [0.1, 0.15) is 11.5 Å². The number of halogens is 1. The van der Waals surface area contributed by atoms with Gasteiger partial charge in [0.05, 0.1) is 24.1 Å². The van der Waals surface area contributed by atoms with Crippen molar-refractivity contribution >= 4 is 29.5 Å². The van der Waals surface area contributed by atoms with Gasteiger partial charge >= 0.3 is 5.97 Å². The van der Waals surface area contributed by atoms with E-state index in [-0.39, 0.29) is 5.97 Å². The van der Waals surface area contributed by atoms with Crippen LogP contribution >= 0.6 is 11.6 Å². The van der Waals surface area contributed by atoms with Gasteiger partial charge in [-0.1, -0.05) is 29.8 Å². The van der Waals surface area contributed by atoms with Gasteiger partial charge in [-0.05, 0) is 49.4 Å². The number of furan rings is 1. The molecule has 0 atom stereocenters. The second-order valence-corrected chi connectivity index (χ2v) is 5.82. The lowest BCUT2D eigenvalue weighted by Crippen LogP contribution is -2.04. The first kappa shape index (κ1) is 17.8. The number of hydrazone groups is 1. The molecule has 1 aromatic heterocycles. The molecule has 0 spiro atoms. The van der Waals surface area contributed by atoms with Crippen LogP contribution in [0.4, 0.5) is 5.69 Å². The molecule has 26 heavy (non-hydrogen) atoms. The van der Waals surface area contributed by atoms with Gasteiger partial charge in [-0.25, -0.2) is 4.79 Å². The summed E-state index contributed by atoms with van der Waals surface area (Å²) in [5.41, 5.74) is 4.94. The number of hydrogen-bond acceptors (Lipinski definition) is 5. The van der Waals surface area contributed by atoms with Gasteiger partial charge in [0, 0.05) is 10.6 Å².